The maximum Gasteiger partial charge on any atom is 0.271 e. The molecule has 0 radical (unpaired) electrons. The Morgan fingerprint density at radius 2 is 1.85 bits per heavy atom. The van der Waals surface area contributed by atoms with Crippen molar-refractivity contribution in [3.05, 3.63) is 64.1 Å². The van der Waals surface area contributed by atoms with Gasteiger partial charge in [0.2, 0.25) is 10.0 Å². The maximum absolute atomic E-state index is 12.6. The first-order valence-electron chi connectivity index (χ1n) is 8.08. The van der Waals surface area contributed by atoms with Crippen molar-refractivity contribution < 1.29 is 13.2 Å². The highest BCUT2D eigenvalue weighted by Crippen LogP contribution is 2.17. The summed E-state index contributed by atoms with van der Waals surface area (Å²) in [4.78, 5) is 12.3. The van der Waals surface area contributed by atoms with Crippen molar-refractivity contribution in [1.29, 1.82) is 0 Å². The van der Waals surface area contributed by atoms with E-state index in [0.29, 0.717) is 13.1 Å². The lowest BCUT2D eigenvalue weighted by atomic mass is 10.2. The Balaban J connectivity index is 2.17. The van der Waals surface area contributed by atoms with Crippen LogP contribution in [-0.2, 0) is 10.0 Å². The molecule has 0 saturated heterocycles. The Morgan fingerprint density at radius 3 is 2.50 bits per heavy atom. The van der Waals surface area contributed by atoms with Crippen LogP contribution in [-0.4, -0.2) is 37.9 Å². The molecule has 0 aliphatic carbocycles. The SMILES string of the molecule is CCN(CC)S(=O)(=O)c1cccc(C(=O)N/N=C\c2ccccc2Br)c1. The van der Waals surface area contributed by atoms with Crippen LogP contribution in [0.5, 0.6) is 0 Å². The second-order valence-corrected chi connectivity index (χ2v) is 8.13. The zero-order valence-corrected chi connectivity index (χ0v) is 16.9. The summed E-state index contributed by atoms with van der Waals surface area (Å²) < 4.78 is 27.3. The van der Waals surface area contributed by atoms with Crippen molar-refractivity contribution >= 4 is 38.1 Å². The van der Waals surface area contributed by atoms with Crippen LogP contribution >= 0.6 is 15.9 Å². The maximum atomic E-state index is 12.6. The number of hydrazone groups is 1. The van der Waals surface area contributed by atoms with Crippen LogP contribution in [0.1, 0.15) is 29.8 Å². The smallest absolute Gasteiger partial charge is 0.267 e. The van der Waals surface area contributed by atoms with E-state index in [-0.39, 0.29) is 10.5 Å². The van der Waals surface area contributed by atoms with E-state index in [4.69, 9.17) is 0 Å². The van der Waals surface area contributed by atoms with Crippen LogP contribution < -0.4 is 5.43 Å². The predicted octanol–water partition coefficient (Wildman–Crippen LogP) is 3.24. The van der Waals surface area contributed by atoms with E-state index in [1.54, 1.807) is 26.0 Å². The summed E-state index contributed by atoms with van der Waals surface area (Å²) in [5, 5.41) is 3.92. The summed E-state index contributed by atoms with van der Waals surface area (Å²) in [5.74, 6) is -0.482. The highest BCUT2D eigenvalue weighted by molar-refractivity contribution is 9.10. The molecule has 2 aromatic carbocycles. The molecule has 2 rings (SSSR count). The molecule has 0 atom stereocenters. The third kappa shape index (κ3) is 4.78. The molecule has 0 spiro atoms. The van der Waals surface area contributed by atoms with Crippen LogP contribution in [0, 0.1) is 0 Å². The summed E-state index contributed by atoms with van der Waals surface area (Å²) in [5.41, 5.74) is 3.45. The van der Waals surface area contributed by atoms with Gasteiger partial charge in [0.15, 0.2) is 0 Å². The average molecular weight is 438 g/mol. The number of benzene rings is 2. The number of hydrogen-bond acceptors (Lipinski definition) is 4. The van der Waals surface area contributed by atoms with Gasteiger partial charge in [0.25, 0.3) is 5.91 Å². The molecule has 0 fully saturated rings. The quantitative estimate of drug-likeness (QED) is 0.533. The molecule has 8 heteroatoms. The van der Waals surface area contributed by atoms with E-state index < -0.39 is 15.9 Å². The van der Waals surface area contributed by atoms with Crippen molar-refractivity contribution in [2.45, 2.75) is 18.7 Å². The lowest BCUT2D eigenvalue weighted by Gasteiger charge is -2.18. The summed E-state index contributed by atoms with van der Waals surface area (Å²) in [7, 11) is -3.62. The van der Waals surface area contributed by atoms with E-state index in [9.17, 15) is 13.2 Å². The molecule has 0 aromatic heterocycles. The number of carbonyl (C=O) groups excluding carboxylic acids is 1. The fourth-order valence-corrected chi connectivity index (χ4v) is 4.21. The number of hydrogen-bond donors (Lipinski definition) is 1. The lowest BCUT2D eigenvalue weighted by Crippen LogP contribution is -2.30. The number of nitrogens with zero attached hydrogens (tertiary/aromatic N) is 2. The average Bonchev–Trinajstić information content (AvgIpc) is 2.64. The highest BCUT2D eigenvalue weighted by Gasteiger charge is 2.22. The van der Waals surface area contributed by atoms with Crippen molar-refractivity contribution in [3.8, 4) is 0 Å². The Kier molecular flexibility index (Phi) is 7.07. The number of sulfonamides is 1. The number of halogens is 1. The molecular weight excluding hydrogens is 418 g/mol. The summed E-state index contributed by atoms with van der Waals surface area (Å²) in [6, 6.07) is 13.4. The first-order valence-corrected chi connectivity index (χ1v) is 10.3. The number of carbonyl (C=O) groups is 1. The molecular formula is C18H20BrN3O3S. The molecule has 0 bridgehead atoms. The second-order valence-electron chi connectivity index (χ2n) is 5.34. The summed E-state index contributed by atoms with van der Waals surface area (Å²) in [6.07, 6.45) is 1.51. The molecule has 1 N–H and O–H groups in total. The van der Waals surface area contributed by atoms with Crippen molar-refractivity contribution in [1.82, 2.24) is 9.73 Å². The molecule has 138 valence electrons. The minimum Gasteiger partial charge on any atom is -0.267 e. The van der Waals surface area contributed by atoms with Crippen molar-refractivity contribution in [2.24, 2.45) is 5.10 Å². The van der Waals surface area contributed by atoms with Crippen molar-refractivity contribution in [3.63, 3.8) is 0 Å². The van der Waals surface area contributed by atoms with Crippen LogP contribution in [0.25, 0.3) is 0 Å². The molecule has 0 aliphatic heterocycles. The van der Waals surface area contributed by atoms with Gasteiger partial charge in [0.05, 0.1) is 11.1 Å². The van der Waals surface area contributed by atoms with Crippen LogP contribution in [0.2, 0.25) is 0 Å². The van der Waals surface area contributed by atoms with Crippen LogP contribution in [0.4, 0.5) is 0 Å². The van der Waals surface area contributed by atoms with E-state index >= 15 is 0 Å². The minimum atomic E-state index is -3.62. The zero-order valence-electron chi connectivity index (χ0n) is 14.5. The van der Waals surface area contributed by atoms with Gasteiger partial charge < -0.3 is 0 Å². The standard InChI is InChI=1S/C18H20BrN3O3S/c1-3-22(4-2)26(24,25)16-10-7-9-14(12-16)18(23)21-20-13-15-8-5-6-11-17(15)19/h5-13H,3-4H2,1-2H3,(H,21,23)/b20-13-. The Labute approximate surface area is 162 Å². The molecule has 0 aliphatic rings. The van der Waals surface area contributed by atoms with Gasteiger partial charge in [-0.05, 0) is 24.3 Å². The molecule has 0 saturated carbocycles. The Bertz CT molecular complexity index is 909. The molecule has 6 nitrogen and oxygen atoms in total. The summed E-state index contributed by atoms with van der Waals surface area (Å²) in [6.45, 7) is 4.28. The third-order valence-electron chi connectivity index (χ3n) is 3.71. The van der Waals surface area contributed by atoms with Gasteiger partial charge in [0, 0.05) is 28.7 Å². The topological polar surface area (TPSA) is 78.8 Å². The van der Waals surface area contributed by atoms with Gasteiger partial charge in [-0.3, -0.25) is 4.79 Å². The largest absolute Gasteiger partial charge is 0.271 e. The van der Waals surface area contributed by atoms with Crippen LogP contribution in [0.3, 0.4) is 0 Å². The summed E-state index contributed by atoms with van der Waals surface area (Å²) >= 11 is 3.39. The van der Waals surface area contributed by atoms with Gasteiger partial charge in [-0.15, -0.1) is 0 Å². The first-order chi connectivity index (χ1) is 12.4. The molecule has 2 aromatic rings. The first kappa shape index (κ1) is 20.3. The number of amides is 1. The number of nitrogens with one attached hydrogen (secondary N) is 1. The van der Waals surface area contributed by atoms with E-state index in [1.807, 2.05) is 24.3 Å². The zero-order chi connectivity index (χ0) is 19.2. The van der Waals surface area contributed by atoms with Gasteiger partial charge in [-0.2, -0.15) is 9.41 Å². The molecule has 0 unspecified atom stereocenters. The van der Waals surface area contributed by atoms with Gasteiger partial charge in [-0.1, -0.05) is 54.0 Å². The minimum absolute atomic E-state index is 0.0867. The molecule has 1 amide bonds. The van der Waals surface area contributed by atoms with E-state index in [1.165, 1.54) is 22.7 Å². The predicted molar refractivity (Wildman–Crippen MR) is 106 cm³/mol. The molecule has 0 heterocycles. The third-order valence-corrected chi connectivity index (χ3v) is 6.48. The fourth-order valence-electron chi connectivity index (χ4n) is 2.32. The lowest BCUT2D eigenvalue weighted by molar-refractivity contribution is 0.0955. The van der Waals surface area contributed by atoms with Gasteiger partial charge in [0.1, 0.15) is 0 Å². The Hall–Kier alpha value is -2.03. The van der Waals surface area contributed by atoms with Crippen molar-refractivity contribution in [2.75, 3.05) is 13.1 Å². The highest BCUT2D eigenvalue weighted by atomic mass is 79.9. The van der Waals surface area contributed by atoms with Gasteiger partial charge >= 0.3 is 0 Å². The normalized spacial score (nSPS) is 11.8. The number of rotatable bonds is 7. The second kappa shape index (κ2) is 9.07. The van der Waals surface area contributed by atoms with E-state index in [0.717, 1.165) is 10.0 Å². The monoisotopic (exact) mass is 437 g/mol. The van der Waals surface area contributed by atoms with Gasteiger partial charge in [-0.25, -0.2) is 13.8 Å². The fraction of sp³-hybridized carbons (Fsp3) is 0.222. The Morgan fingerprint density at radius 1 is 1.15 bits per heavy atom. The molecule has 26 heavy (non-hydrogen) atoms. The van der Waals surface area contributed by atoms with E-state index in [2.05, 4.69) is 26.5 Å². The van der Waals surface area contributed by atoms with Crippen LogP contribution in [0.15, 0.2) is 63.0 Å².